The molecule has 1 aromatic heterocycles. The van der Waals surface area contributed by atoms with E-state index >= 15 is 0 Å². The highest BCUT2D eigenvalue weighted by atomic mass is 16.2. The Morgan fingerprint density at radius 2 is 1.96 bits per heavy atom. The average molecular weight is 368 g/mol. The number of carbonyl (C=O) groups excluding carboxylic acids is 2. The number of aromatic nitrogens is 2. The number of hydrogen-bond acceptors (Lipinski definition) is 3. The lowest BCUT2D eigenvalue weighted by molar-refractivity contribution is -0.136. The lowest BCUT2D eigenvalue weighted by Crippen LogP contribution is -2.44. The number of benzene rings is 1. The number of amides is 2. The molecule has 6 nitrogen and oxygen atoms in total. The largest absolute Gasteiger partial charge is 0.346 e. The van der Waals surface area contributed by atoms with Gasteiger partial charge >= 0.3 is 0 Å². The van der Waals surface area contributed by atoms with Gasteiger partial charge in [-0.2, -0.15) is 0 Å². The van der Waals surface area contributed by atoms with Crippen molar-refractivity contribution in [3.63, 3.8) is 0 Å². The molecule has 1 saturated heterocycles. The van der Waals surface area contributed by atoms with Gasteiger partial charge in [0.05, 0.1) is 17.1 Å². The SMILES string of the molecule is CCC(NC(=O)C1CCN(C(=O)C2CC2)CC1)c1nc2ccc(C)cc2[nH]1. The Bertz CT molecular complexity index is 847. The first-order chi connectivity index (χ1) is 13.0. The molecule has 1 aliphatic carbocycles. The van der Waals surface area contributed by atoms with Gasteiger partial charge in [0.25, 0.3) is 0 Å². The van der Waals surface area contributed by atoms with Crippen LogP contribution in [0.4, 0.5) is 0 Å². The summed E-state index contributed by atoms with van der Waals surface area (Å²) in [5.41, 5.74) is 3.11. The lowest BCUT2D eigenvalue weighted by Gasteiger charge is -2.32. The van der Waals surface area contributed by atoms with E-state index in [1.807, 2.05) is 17.0 Å². The van der Waals surface area contributed by atoms with E-state index in [2.05, 4.69) is 35.2 Å². The number of rotatable bonds is 5. The van der Waals surface area contributed by atoms with Crippen molar-refractivity contribution in [3.05, 3.63) is 29.6 Å². The highest BCUT2D eigenvalue weighted by molar-refractivity contribution is 5.82. The first-order valence-electron chi connectivity index (χ1n) is 10.1. The van der Waals surface area contributed by atoms with Crippen LogP contribution in [0.3, 0.4) is 0 Å². The van der Waals surface area contributed by atoms with Crippen LogP contribution < -0.4 is 5.32 Å². The number of aromatic amines is 1. The van der Waals surface area contributed by atoms with Crippen molar-refractivity contribution in [1.29, 1.82) is 0 Å². The number of carbonyl (C=O) groups is 2. The van der Waals surface area contributed by atoms with E-state index in [-0.39, 0.29) is 29.7 Å². The van der Waals surface area contributed by atoms with Crippen molar-refractivity contribution in [2.75, 3.05) is 13.1 Å². The van der Waals surface area contributed by atoms with Gasteiger partial charge in [-0.3, -0.25) is 9.59 Å². The summed E-state index contributed by atoms with van der Waals surface area (Å²) in [5, 5.41) is 3.17. The Morgan fingerprint density at radius 3 is 2.63 bits per heavy atom. The zero-order valence-corrected chi connectivity index (χ0v) is 16.1. The highest BCUT2D eigenvalue weighted by Crippen LogP contribution is 2.32. The Balaban J connectivity index is 1.37. The van der Waals surface area contributed by atoms with Gasteiger partial charge in [0.2, 0.25) is 11.8 Å². The Labute approximate surface area is 159 Å². The molecule has 0 spiro atoms. The second kappa shape index (κ2) is 7.33. The van der Waals surface area contributed by atoms with Crippen LogP contribution in [0.15, 0.2) is 18.2 Å². The molecule has 1 unspecified atom stereocenters. The molecule has 27 heavy (non-hydrogen) atoms. The number of fused-ring (bicyclic) bond motifs is 1. The maximum Gasteiger partial charge on any atom is 0.225 e. The fourth-order valence-electron chi connectivity index (χ4n) is 3.91. The number of nitrogens with one attached hydrogen (secondary N) is 2. The normalized spacial score (nSPS) is 19.3. The van der Waals surface area contributed by atoms with Gasteiger partial charge in [-0.25, -0.2) is 4.98 Å². The van der Waals surface area contributed by atoms with Crippen molar-refractivity contribution in [1.82, 2.24) is 20.2 Å². The quantitative estimate of drug-likeness (QED) is 0.851. The van der Waals surface area contributed by atoms with Crippen LogP contribution in [0, 0.1) is 18.8 Å². The number of nitrogens with zero attached hydrogens (tertiary/aromatic N) is 2. The van der Waals surface area contributed by atoms with Crippen molar-refractivity contribution in [2.24, 2.45) is 11.8 Å². The highest BCUT2D eigenvalue weighted by Gasteiger charge is 2.36. The fourth-order valence-corrected chi connectivity index (χ4v) is 3.91. The number of H-pyrrole nitrogens is 1. The molecule has 2 aromatic rings. The second-order valence-corrected chi connectivity index (χ2v) is 7.99. The summed E-state index contributed by atoms with van der Waals surface area (Å²) in [6.45, 7) is 5.52. The molecule has 0 radical (unpaired) electrons. The summed E-state index contributed by atoms with van der Waals surface area (Å²) in [7, 11) is 0. The zero-order chi connectivity index (χ0) is 19.0. The van der Waals surface area contributed by atoms with E-state index in [0.29, 0.717) is 13.1 Å². The van der Waals surface area contributed by atoms with Gasteiger partial charge in [0, 0.05) is 24.9 Å². The van der Waals surface area contributed by atoms with Gasteiger partial charge in [-0.15, -0.1) is 0 Å². The molecule has 2 amide bonds. The molecule has 1 aromatic carbocycles. The van der Waals surface area contributed by atoms with Crippen molar-refractivity contribution >= 4 is 22.8 Å². The third-order valence-corrected chi connectivity index (χ3v) is 5.81. The van der Waals surface area contributed by atoms with E-state index < -0.39 is 0 Å². The van der Waals surface area contributed by atoms with Gasteiger partial charge in [-0.1, -0.05) is 13.0 Å². The maximum absolute atomic E-state index is 12.8. The standard InChI is InChI=1S/C21H28N4O2/c1-3-16(19-22-17-7-4-13(2)12-18(17)23-19)24-20(26)14-8-10-25(11-9-14)21(27)15-5-6-15/h4,7,12,14-16H,3,5-6,8-11H2,1-2H3,(H,22,23)(H,24,26). The Hall–Kier alpha value is -2.37. The van der Waals surface area contributed by atoms with Gasteiger partial charge in [0.15, 0.2) is 0 Å². The summed E-state index contributed by atoms with van der Waals surface area (Å²) in [4.78, 5) is 34.9. The van der Waals surface area contributed by atoms with Crippen molar-refractivity contribution in [3.8, 4) is 0 Å². The van der Waals surface area contributed by atoms with Gasteiger partial charge in [-0.05, 0) is 56.7 Å². The van der Waals surface area contributed by atoms with Crippen LogP contribution in [-0.4, -0.2) is 39.8 Å². The molecule has 1 atom stereocenters. The van der Waals surface area contributed by atoms with E-state index in [9.17, 15) is 9.59 Å². The monoisotopic (exact) mass is 368 g/mol. The van der Waals surface area contributed by atoms with Crippen LogP contribution in [0.5, 0.6) is 0 Å². The summed E-state index contributed by atoms with van der Waals surface area (Å²) < 4.78 is 0. The molecule has 0 bridgehead atoms. The Kier molecular flexibility index (Phi) is 4.89. The molecular weight excluding hydrogens is 340 g/mol. The van der Waals surface area contributed by atoms with Crippen molar-refractivity contribution in [2.45, 2.75) is 52.0 Å². The predicted molar refractivity (Wildman–Crippen MR) is 104 cm³/mol. The number of imidazole rings is 1. The van der Waals surface area contributed by atoms with E-state index in [0.717, 1.165) is 49.0 Å². The molecule has 144 valence electrons. The molecular formula is C21H28N4O2. The molecule has 2 N–H and O–H groups in total. The fraction of sp³-hybridized carbons (Fsp3) is 0.571. The predicted octanol–water partition coefficient (Wildman–Crippen LogP) is 3.09. The third kappa shape index (κ3) is 3.84. The molecule has 2 heterocycles. The summed E-state index contributed by atoms with van der Waals surface area (Å²) in [5.74, 6) is 1.42. The average Bonchev–Trinajstić information content (AvgIpc) is 3.45. The van der Waals surface area contributed by atoms with E-state index in [4.69, 9.17) is 0 Å². The summed E-state index contributed by atoms with van der Waals surface area (Å²) >= 11 is 0. The topological polar surface area (TPSA) is 78.1 Å². The van der Waals surface area contributed by atoms with Crippen LogP contribution in [0.1, 0.15) is 56.5 Å². The van der Waals surface area contributed by atoms with E-state index in [1.165, 1.54) is 5.56 Å². The molecule has 1 saturated carbocycles. The minimum absolute atomic E-state index is 0.0195. The smallest absolute Gasteiger partial charge is 0.225 e. The number of hydrogen-bond donors (Lipinski definition) is 2. The van der Waals surface area contributed by atoms with Crippen LogP contribution in [-0.2, 0) is 9.59 Å². The Morgan fingerprint density at radius 1 is 1.22 bits per heavy atom. The second-order valence-electron chi connectivity index (χ2n) is 7.99. The van der Waals surface area contributed by atoms with Crippen LogP contribution >= 0.6 is 0 Å². The van der Waals surface area contributed by atoms with E-state index in [1.54, 1.807) is 0 Å². The van der Waals surface area contributed by atoms with Crippen LogP contribution in [0.25, 0.3) is 11.0 Å². The molecule has 4 rings (SSSR count). The van der Waals surface area contributed by atoms with Crippen molar-refractivity contribution < 1.29 is 9.59 Å². The molecule has 6 heteroatoms. The maximum atomic E-state index is 12.8. The number of aryl methyl sites for hydroxylation is 1. The minimum Gasteiger partial charge on any atom is -0.346 e. The lowest BCUT2D eigenvalue weighted by atomic mass is 9.95. The zero-order valence-electron chi connectivity index (χ0n) is 16.1. The number of piperidine rings is 1. The first kappa shape index (κ1) is 18.0. The molecule has 2 fully saturated rings. The number of likely N-dealkylation sites (tertiary alicyclic amines) is 1. The summed E-state index contributed by atoms with van der Waals surface area (Å²) in [6, 6.07) is 6.01. The first-order valence-corrected chi connectivity index (χ1v) is 10.1. The molecule has 1 aliphatic heterocycles. The van der Waals surface area contributed by atoms with Crippen LogP contribution in [0.2, 0.25) is 0 Å². The van der Waals surface area contributed by atoms with Gasteiger partial charge in [0.1, 0.15) is 5.82 Å². The summed E-state index contributed by atoms with van der Waals surface area (Å²) in [6.07, 6.45) is 4.35. The minimum atomic E-state index is -0.115. The molecule has 2 aliphatic rings. The van der Waals surface area contributed by atoms with Gasteiger partial charge < -0.3 is 15.2 Å². The third-order valence-electron chi connectivity index (χ3n) is 5.81.